The monoisotopic (exact) mass is 400 g/mol. The summed E-state index contributed by atoms with van der Waals surface area (Å²) in [6.45, 7) is 6.62. The topological polar surface area (TPSA) is 73.4 Å². The predicted molar refractivity (Wildman–Crippen MR) is 89.3 cm³/mol. The van der Waals surface area contributed by atoms with Crippen molar-refractivity contribution < 1.29 is 4.92 Å². The van der Waals surface area contributed by atoms with E-state index in [9.17, 15) is 15.4 Å². The fraction of sp³-hybridized carbons (Fsp3) is 0.500. The molecule has 1 fully saturated rings. The minimum atomic E-state index is -0.496. The average molecular weight is 400 g/mol. The third-order valence-corrected chi connectivity index (χ3v) is 4.49. The van der Waals surface area contributed by atoms with Crippen LogP contribution in [0.25, 0.3) is 0 Å². The van der Waals surface area contributed by atoms with E-state index >= 15 is 0 Å². The number of nitro groups is 1. The Kier molecular flexibility index (Phi) is 4.68. The van der Waals surface area contributed by atoms with Gasteiger partial charge >= 0.3 is 0 Å². The molecule has 1 aromatic rings. The summed E-state index contributed by atoms with van der Waals surface area (Å²) in [5, 5.41) is 20.4. The number of nitrogens with zero attached hydrogens (tertiary/aromatic N) is 4. The fourth-order valence-corrected chi connectivity index (χ4v) is 2.96. The lowest BCUT2D eigenvalue weighted by Crippen LogP contribution is -2.54. The lowest BCUT2D eigenvalue weighted by molar-refractivity contribution is -0.384. The van der Waals surface area contributed by atoms with Gasteiger partial charge in [-0.15, -0.1) is 0 Å². The molecule has 0 spiro atoms. The molecule has 6 nitrogen and oxygen atoms in total. The molecule has 7 heteroatoms. The molecule has 0 N–H and O–H groups in total. The Hall–Kier alpha value is -1.40. The minimum Gasteiger partial charge on any atom is -0.363 e. The van der Waals surface area contributed by atoms with Gasteiger partial charge < -0.3 is 4.90 Å². The van der Waals surface area contributed by atoms with Crippen LogP contribution in [0.2, 0.25) is 0 Å². The molecule has 0 aromatic heterocycles. The fourth-order valence-electron chi connectivity index (χ4n) is 2.49. The van der Waals surface area contributed by atoms with Gasteiger partial charge in [-0.05, 0) is 48.6 Å². The van der Waals surface area contributed by atoms with Gasteiger partial charge in [0.2, 0.25) is 0 Å². The summed E-state index contributed by atoms with van der Waals surface area (Å²) in [6, 6.07) is 7.59. The SMILES string of the molecule is CC(C)(C#N)N1CCN(c2ccc(I)cc2[N+](=O)[O-])CC1. The van der Waals surface area contributed by atoms with Gasteiger partial charge in [-0.3, -0.25) is 15.0 Å². The molecule has 0 atom stereocenters. The van der Waals surface area contributed by atoms with Gasteiger partial charge in [0.1, 0.15) is 11.2 Å². The zero-order chi connectivity index (χ0) is 15.6. The van der Waals surface area contributed by atoms with E-state index in [0.29, 0.717) is 18.8 Å². The Bertz CT molecular complexity index is 589. The smallest absolute Gasteiger partial charge is 0.293 e. The van der Waals surface area contributed by atoms with Crippen LogP contribution in [-0.2, 0) is 0 Å². The Morgan fingerprint density at radius 3 is 2.48 bits per heavy atom. The Morgan fingerprint density at radius 1 is 1.33 bits per heavy atom. The molecule has 1 aromatic carbocycles. The first-order valence-corrected chi connectivity index (χ1v) is 7.78. The highest BCUT2D eigenvalue weighted by molar-refractivity contribution is 14.1. The maximum Gasteiger partial charge on any atom is 0.293 e. The number of halogens is 1. The standard InChI is InChI=1S/C14H17IN4O2/c1-14(2,10-16)18-7-5-17(6-8-18)12-4-3-11(15)9-13(12)19(20)21/h3-4,9H,5-8H2,1-2H3. The largest absolute Gasteiger partial charge is 0.363 e. The van der Waals surface area contributed by atoms with Crippen molar-refractivity contribution in [1.82, 2.24) is 4.90 Å². The zero-order valence-electron chi connectivity index (χ0n) is 12.0. The quantitative estimate of drug-likeness (QED) is 0.443. The summed E-state index contributed by atoms with van der Waals surface area (Å²) in [4.78, 5) is 15.0. The lowest BCUT2D eigenvalue weighted by Gasteiger charge is -2.41. The van der Waals surface area contributed by atoms with Gasteiger partial charge in [0.15, 0.2) is 0 Å². The first kappa shape index (κ1) is 16.0. The highest BCUT2D eigenvalue weighted by atomic mass is 127. The Balaban J connectivity index is 2.17. The molecule has 0 bridgehead atoms. The van der Waals surface area contributed by atoms with Crippen molar-refractivity contribution in [3.63, 3.8) is 0 Å². The van der Waals surface area contributed by atoms with E-state index < -0.39 is 5.54 Å². The van der Waals surface area contributed by atoms with Crippen molar-refractivity contribution >= 4 is 34.0 Å². The molecule has 0 saturated carbocycles. The molecule has 1 aliphatic rings. The molecule has 0 radical (unpaired) electrons. The van der Waals surface area contributed by atoms with Crippen LogP contribution in [0, 0.1) is 25.0 Å². The van der Waals surface area contributed by atoms with Crippen molar-refractivity contribution in [3.05, 3.63) is 31.9 Å². The second-order valence-electron chi connectivity index (χ2n) is 5.54. The van der Waals surface area contributed by atoms with E-state index in [0.717, 1.165) is 16.7 Å². The third-order valence-electron chi connectivity index (χ3n) is 3.82. The van der Waals surface area contributed by atoms with E-state index in [4.69, 9.17) is 0 Å². The summed E-state index contributed by atoms with van der Waals surface area (Å²) in [6.07, 6.45) is 0. The van der Waals surface area contributed by atoms with Crippen LogP contribution in [0.3, 0.4) is 0 Å². The molecule has 0 amide bonds. The van der Waals surface area contributed by atoms with E-state index in [-0.39, 0.29) is 10.6 Å². The van der Waals surface area contributed by atoms with E-state index in [1.165, 1.54) is 0 Å². The van der Waals surface area contributed by atoms with Gasteiger partial charge in [0, 0.05) is 35.8 Å². The van der Waals surface area contributed by atoms with Gasteiger partial charge in [-0.1, -0.05) is 0 Å². The third kappa shape index (κ3) is 3.44. The minimum absolute atomic E-state index is 0.148. The van der Waals surface area contributed by atoms with Crippen LogP contribution in [0.4, 0.5) is 11.4 Å². The first-order chi connectivity index (χ1) is 9.85. The molecular formula is C14H17IN4O2. The molecule has 1 aliphatic heterocycles. The van der Waals surface area contributed by atoms with Gasteiger partial charge in [0.05, 0.1) is 11.0 Å². The predicted octanol–water partition coefficient (Wildman–Crippen LogP) is 2.62. The molecular weight excluding hydrogens is 383 g/mol. The Labute approximate surface area is 137 Å². The van der Waals surface area contributed by atoms with Gasteiger partial charge in [-0.25, -0.2) is 0 Å². The summed E-state index contributed by atoms with van der Waals surface area (Å²) in [7, 11) is 0. The van der Waals surface area contributed by atoms with Crippen LogP contribution in [0.15, 0.2) is 18.2 Å². The Morgan fingerprint density at radius 2 is 1.95 bits per heavy atom. The molecule has 1 heterocycles. The second kappa shape index (κ2) is 6.15. The maximum atomic E-state index is 11.2. The normalized spacial score (nSPS) is 16.6. The van der Waals surface area contributed by atoms with E-state index in [2.05, 4.69) is 33.6 Å². The molecule has 112 valence electrons. The van der Waals surface area contributed by atoms with Crippen molar-refractivity contribution in [2.45, 2.75) is 19.4 Å². The van der Waals surface area contributed by atoms with Crippen LogP contribution < -0.4 is 4.90 Å². The number of hydrogen-bond acceptors (Lipinski definition) is 5. The van der Waals surface area contributed by atoms with Gasteiger partial charge in [0.25, 0.3) is 5.69 Å². The van der Waals surface area contributed by atoms with E-state index in [1.807, 2.05) is 30.9 Å². The average Bonchev–Trinajstić information content (AvgIpc) is 2.47. The van der Waals surface area contributed by atoms with Crippen LogP contribution in [0.1, 0.15) is 13.8 Å². The van der Waals surface area contributed by atoms with Crippen LogP contribution >= 0.6 is 22.6 Å². The summed E-state index contributed by atoms with van der Waals surface area (Å²) in [5.74, 6) is 0. The zero-order valence-corrected chi connectivity index (χ0v) is 14.2. The molecule has 1 saturated heterocycles. The molecule has 0 unspecified atom stereocenters. The highest BCUT2D eigenvalue weighted by Gasteiger charge is 2.31. The number of nitriles is 1. The van der Waals surface area contributed by atoms with Crippen molar-refractivity contribution in [2.75, 3.05) is 31.1 Å². The van der Waals surface area contributed by atoms with Crippen molar-refractivity contribution in [2.24, 2.45) is 0 Å². The van der Waals surface area contributed by atoms with Gasteiger partial charge in [-0.2, -0.15) is 5.26 Å². The maximum absolute atomic E-state index is 11.2. The van der Waals surface area contributed by atoms with Crippen LogP contribution in [0.5, 0.6) is 0 Å². The van der Waals surface area contributed by atoms with Crippen LogP contribution in [-0.4, -0.2) is 41.5 Å². The second-order valence-corrected chi connectivity index (χ2v) is 6.78. The number of benzene rings is 1. The van der Waals surface area contributed by atoms with Crippen molar-refractivity contribution in [1.29, 1.82) is 5.26 Å². The summed E-state index contributed by atoms with van der Waals surface area (Å²) >= 11 is 2.08. The highest BCUT2D eigenvalue weighted by Crippen LogP contribution is 2.31. The lowest BCUT2D eigenvalue weighted by atomic mass is 10.0. The van der Waals surface area contributed by atoms with Crippen molar-refractivity contribution in [3.8, 4) is 6.07 Å². The number of nitro benzene ring substituents is 1. The number of anilines is 1. The number of hydrogen-bond donors (Lipinski definition) is 0. The molecule has 21 heavy (non-hydrogen) atoms. The molecule has 2 rings (SSSR count). The summed E-state index contributed by atoms with van der Waals surface area (Å²) in [5.41, 5.74) is 0.314. The molecule has 0 aliphatic carbocycles. The number of rotatable bonds is 3. The first-order valence-electron chi connectivity index (χ1n) is 6.70. The van der Waals surface area contributed by atoms with E-state index in [1.54, 1.807) is 6.07 Å². The number of piperazine rings is 1. The summed E-state index contributed by atoms with van der Waals surface area (Å²) < 4.78 is 0.854.